The van der Waals surface area contributed by atoms with E-state index in [1.54, 1.807) is 12.3 Å². The fourth-order valence-electron chi connectivity index (χ4n) is 3.53. The summed E-state index contributed by atoms with van der Waals surface area (Å²) in [5.74, 6) is -0.245. The van der Waals surface area contributed by atoms with Crippen LogP contribution in [0.2, 0.25) is 0 Å². The number of pyridine rings is 1. The molecule has 0 aliphatic heterocycles. The second-order valence-corrected chi connectivity index (χ2v) is 7.16. The summed E-state index contributed by atoms with van der Waals surface area (Å²) in [6.07, 6.45) is 5.48. The molecule has 142 valence electrons. The minimum atomic E-state index is -0.998. The molecule has 5 rings (SSSR count). The monoisotopic (exact) mass is 382 g/mol. The van der Waals surface area contributed by atoms with Crippen LogP contribution in [0.3, 0.4) is 0 Å². The third-order valence-corrected chi connectivity index (χ3v) is 5.15. The average Bonchev–Trinajstić information content (AvgIpc) is 3.60. The van der Waals surface area contributed by atoms with E-state index in [1.165, 1.54) is 6.33 Å². The van der Waals surface area contributed by atoms with E-state index in [1.807, 2.05) is 48.5 Å². The lowest BCUT2D eigenvalue weighted by molar-refractivity contribution is 0.0697. The van der Waals surface area contributed by atoms with Crippen molar-refractivity contribution < 1.29 is 9.90 Å². The molecule has 1 saturated carbocycles. The zero-order chi connectivity index (χ0) is 19.8. The number of fused-ring (bicyclic) bond motifs is 1. The van der Waals surface area contributed by atoms with E-state index in [2.05, 4.69) is 20.3 Å². The topological polar surface area (TPSA) is 88.0 Å². The van der Waals surface area contributed by atoms with Crippen LogP contribution in [0.4, 0.5) is 11.5 Å². The molecule has 29 heavy (non-hydrogen) atoms. The number of carboxylic acids is 1. The van der Waals surface area contributed by atoms with Gasteiger partial charge in [-0.15, -0.1) is 0 Å². The van der Waals surface area contributed by atoms with E-state index < -0.39 is 5.97 Å². The molecule has 0 atom stereocenters. The highest BCUT2D eigenvalue weighted by molar-refractivity contribution is 6.01. The van der Waals surface area contributed by atoms with Gasteiger partial charge < -0.3 is 10.4 Å². The molecular formula is C23H18N4O2. The van der Waals surface area contributed by atoms with Gasteiger partial charge in [0.15, 0.2) is 0 Å². The minimum absolute atomic E-state index is 0.170. The summed E-state index contributed by atoms with van der Waals surface area (Å²) >= 11 is 0. The fraction of sp³-hybridized carbons (Fsp3) is 0.130. The molecular weight excluding hydrogens is 364 g/mol. The third kappa shape index (κ3) is 3.29. The van der Waals surface area contributed by atoms with E-state index >= 15 is 0 Å². The Balaban J connectivity index is 1.59. The van der Waals surface area contributed by atoms with Crippen molar-refractivity contribution in [1.82, 2.24) is 15.0 Å². The summed E-state index contributed by atoms with van der Waals surface area (Å²) in [5.41, 5.74) is 4.38. The van der Waals surface area contributed by atoms with Crippen LogP contribution in [0.1, 0.15) is 34.7 Å². The Kier molecular flexibility index (Phi) is 4.17. The van der Waals surface area contributed by atoms with Gasteiger partial charge in [0.05, 0.1) is 16.9 Å². The van der Waals surface area contributed by atoms with Gasteiger partial charge in [-0.25, -0.2) is 19.7 Å². The number of nitrogens with zero attached hydrogens (tertiary/aromatic N) is 3. The number of carboxylic acid groups (broad SMARTS) is 1. The standard InChI is InChI=1S/C23H18N4O2/c28-23(29)18-11-16(14-9-10-14)12-24-22(18)27-19-8-4-7-17-20(25-13-26-21(17)19)15-5-2-1-3-6-15/h1-8,11-14H,9-10H2,(H,24,27)(H,28,29). The molecule has 1 fully saturated rings. The highest BCUT2D eigenvalue weighted by Crippen LogP contribution is 2.41. The second kappa shape index (κ2) is 6.98. The van der Waals surface area contributed by atoms with Crippen molar-refractivity contribution >= 4 is 28.4 Å². The molecule has 2 N–H and O–H groups in total. The number of aromatic carboxylic acids is 1. The highest BCUT2D eigenvalue weighted by atomic mass is 16.4. The summed E-state index contributed by atoms with van der Waals surface area (Å²) < 4.78 is 0. The van der Waals surface area contributed by atoms with Gasteiger partial charge in [-0.2, -0.15) is 0 Å². The molecule has 0 spiro atoms. The molecule has 0 amide bonds. The molecule has 0 radical (unpaired) electrons. The predicted octanol–water partition coefficient (Wildman–Crippen LogP) is 5.01. The molecule has 6 heteroatoms. The first-order chi connectivity index (χ1) is 14.2. The average molecular weight is 382 g/mol. The van der Waals surface area contributed by atoms with Crippen LogP contribution in [0, 0.1) is 0 Å². The Morgan fingerprint density at radius 1 is 1.00 bits per heavy atom. The molecule has 2 aromatic carbocycles. The van der Waals surface area contributed by atoms with E-state index in [0.717, 1.165) is 35.0 Å². The van der Waals surface area contributed by atoms with Crippen LogP contribution in [0.15, 0.2) is 67.1 Å². The predicted molar refractivity (Wildman–Crippen MR) is 111 cm³/mol. The van der Waals surface area contributed by atoms with E-state index in [-0.39, 0.29) is 5.56 Å². The summed E-state index contributed by atoms with van der Waals surface area (Å²) in [5, 5.41) is 13.7. The third-order valence-electron chi connectivity index (χ3n) is 5.15. The Hall–Kier alpha value is -3.80. The maximum Gasteiger partial charge on any atom is 0.339 e. The molecule has 2 heterocycles. The van der Waals surface area contributed by atoms with Gasteiger partial charge in [0.1, 0.15) is 17.7 Å². The molecule has 1 aliphatic rings. The quantitative estimate of drug-likeness (QED) is 0.504. The first-order valence-corrected chi connectivity index (χ1v) is 9.50. The van der Waals surface area contributed by atoms with Gasteiger partial charge in [0, 0.05) is 17.1 Å². The first kappa shape index (κ1) is 17.3. The van der Waals surface area contributed by atoms with Gasteiger partial charge in [0.2, 0.25) is 0 Å². The number of aromatic nitrogens is 3. The van der Waals surface area contributed by atoms with E-state index in [4.69, 9.17) is 0 Å². The molecule has 0 saturated heterocycles. The number of rotatable bonds is 5. The van der Waals surface area contributed by atoms with Crippen LogP contribution < -0.4 is 5.32 Å². The van der Waals surface area contributed by atoms with Crippen LogP contribution in [0.5, 0.6) is 0 Å². The summed E-state index contributed by atoms with van der Waals surface area (Å²) in [6, 6.07) is 17.4. The second-order valence-electron chi connectivity index (χ2n) is 7.16. The van der Waals surface area contributed by atoms with Crippen molar-refractivity contribution in [2.45, 2.75) is 18.8 Å². The molecule has 0 unspecified atom stereocenters. The van der Waals surface area contributed by atoms with Crippen LogP contribution in [0.25, 0.3) is 22.2 Å². The number of hydrogen-bond acceptors (Lipinski definition) is 5. The molecule has 4 aromatic rings. The van der Waals surface area contributed by atoms with Crippen molar-refractivity contribution in [2.24, 2.45) is 0 Å². The van der Waals surface area contributed by atoms with Crippen molar-refractivity contribution in [3.05, 3.63) is 78.2 Å². The Bertz CT molecular complexity index is 1220. The number of hydrogen-bond donors (Lipinski definition) is 2. The molecule has 0 bridgehead atoms. The maximum absolute atomic E-state index is 11.8. The Labute approximate surface area is 167 Å². The number of para-hydroxylation sites is 1. The lowest BCUT2D eigenvalue weighted by atomic mass is 10.1. The van der Waals surface area contributed by atoms with Gasteiger partial charge >= 0.3 is 5.97 Å². The largest absolute Gasteiger partial charge is 0.478 e. The van der Waals surface area contributed by atoms with Gasteiger partial charge in [-0.3, -0.25) is 0 Å². The molecule has 6 nitrogen and oxygen atoms in total. The number of carbonyl (C=O) groups is 1. The summed E-state index contributed by atoms with van der Waals surface area (Å²) in [4.78, 5) is 25.1. The SMILES string of the molecule is O=C(O)c1cc(C2CC2)cnc1Nc1cccc2c(-c3ccccc3)ncnc12. The zero-order valence-electron chi connectivity index (χ0n) is 15.5. The lowest BCUT2D eigenvalue weighted by Crippen LogP contribution is -2.06. The van der Waals surface area contributed by atoms with Gasteiger partial charge in [-0.1, -0.05) is 42.5 Å². The minimum Gasteiger partial charge on any atom is -0.478 e. The normalized spacial score (nSPS) is 13.4. The number of nitrogens with one attached hydrogen (secondary N) is 1. The fourth-order valence-corrected chi connectivity index (χ4v) is 3.53. The van der Waals surface area contributed by atoms with Gasteiger partial charge in [-0.05, 0) is 36.5 Å². The zero-order valence-corrected chi connectivity index (χ0v) is 15.5. The summed E-state index contributed by atoms with van der Waals surface area (Å²) in [6.45, 7) is 0. The molecule has 2 aromatic heterocycles. The van der Waals surface area contributed by atoms with Crippen LogP contribution >= 0.6 is 0 Å². The number of benzene rings is 2. The lowest BCUT2D eigenvalue weighted by Gasteiger charge is -2.13. The Morgan fingerprint density at radius 2 is 1.83 bits per heavy atom. The van der Waals surface area contributed by atoms with Crippen molar-refractivity contribution in [3.8, 4) is 11.3 Å². The summed E-state index contributed by atoms with van der Waals surface area (Å²) in [7, 11) is 0. The number of anilines is 2. The smallest absolute Gasteiger partial charge is 0.339 e. The van der Waals surface area contributed by atoms with Gasteiger partial charge in [0.25, 0.3) is 0 Å². The van der Waals surface area contributed by atoms with Crippen molar-refractivity contribution in [3.63, 3.8) is 0 Å². The first-order valence-electron chi connectivity index (χ1n) is 9.50. The molecule has 1 aliphatic carbocycles. The van der Waals surface area contributed by atoms with Crippen LogP contribution in [-0.4, -0.2) is 26.0 Å². The van der Waals surface area contributed by atoms with Crippen LogP contribution in [-0.2, 0) is 0 Å². The van der Waals surface area contributed by atoms with E-state index in [0.29, 0.717) is 22.9 Å². The Morgan fingerprint density at radius 3 is 2.59 bits per heavy atom. The van der Waals surface area contributed by atoms with E-state index in [9.17, 15) is 9.90 Å². The maximum atomic E-state index is 11.8. The van der Waals surface area contributed by atoms with Crippen molar-refractivity contribution in [1.29, 1.82) is 0 Å². The highest BCUT2D eigenvalue weighted by Gasteiger charge is 2.26. The van der Waals surface area contributed by atoms with Crippen molar-refractivity contribution in [2.75, 3.05) is 5.32 Å².